The van der Waals surface area contributed by atoms with Crippen LogP contribution in [0.3, 0.4) is 0 Å². The Hall–Kier alpha value is -2.08. The second-order valence-electron chi connectivity index (χ2n) is 6.88. The first-order valence-electron chi connectivity index (χ1n) is 9.48. The average Bonchev–Trinajstić information content (AvgIpc) is 2.64. The molecule has 0 saturated carbocycles. The number of ether oxygens (including phenoxy) is 1. The number of hydrogen-bond acceptors (Lipinski definition) is 4. The monoisotopic (exact) mass is 361 g/mol. The van der Waals surface area contributed by atoms with Crippen molar-refractivity contribution < 1.29 is 14.3 Å². The molecule has 26 heavy (non-hydrogen) atoms. The summed E-state index contributed by atoms with van der Waals surface area (Å²) in [4.78, 5) is 26.2. The van der Waals surface area contributed by atoms with Crippen LogP contribution in [0.15, 0.2) is 18.2 Å². The minimum Gasteiger partial charge on any atom is -0.493 e. The van der Waals surface area contributed by atoms with Gasteiger partial charge in [0.15, 0.2) is 0 Å². The van der Waals surface area contributed by atoms with Crippen molar-refractivity contribution in [2.24, 2.45) is 5.73 Å². The lowest BCUT2D eigenvalue weighted by Crippen LogP contribution is -2.49. The molecule has 1 aromatic rings. The highest BCUT2D eigenvalue weighted by molar-refractivity contribution is 5.78. The van der Waals surface area contributed by atoms with Crippen LogP contribution in [0.2, 0.25) is 0 Å². The first-order valence-corrected chi connectivity index (χ1v) is 9.48. The van der Waals surface area contributed by atoms with Crippen molar-refractivity contribution >= 4 is 11.8 Å². The molecule has 3 N–H and O–H groups in total. The minimum absolute atomic E-state index is 0.0521. The van der Waals surface area contributed by atoms with Gasteiger partial charge in [0.05, 0.1) is 13.0 Å². The van der Waals surface area contributed by atoms with Gasteiger partial charge in [-0.1, -0.05) is 12.1 Å². The number of benzene rings is 1. The van der Waals surface area contributed by atoms with Crippen LogP contribution in [0.4, 0.5) is 0 Å². The molecule has 2 amide bonds. The zero-order chi connectivity index (χ0) is 18.9. The van der Waals surface area contributed by atoms with Crippen molar-refractivity contribution in [2.75, 3.05) is 26.2 Å². The quantitative estimate of drug-likeness (QED) is 0.741. The number of amides is 2. The van der Waals surface area contributed by atoms with Gasteiger partial charge in [0.2, 0.25) is 11.8 Å². The summed E-state index contributed by atoms with van der Waals surface area (Å²) in [6.07, 6.45) is 3.69. The lowest BCUT2D eigenvalue weighted by molar-refractivity contribution is -0.136. The summed E-state index contributed by atoms with van der Waals surface area (Å²) >= 11 is 0. The number of hydrogen-bond donors (Lipinski definition) is 2. The van der Waals surface area contributed by atoms with Crippen LogP contribution in [-0.4, -0.2) is 49.0 Å². The third-order valence-electron chi connectivity index (χ3n) is 4.98. The van der Waals surface area contributed by atoms with Crippen LogP contribution in [0.25, 0.3) is 0 Å². The first-order chi connectivity index (χ1) is 12.5. The molecular formula is C20H31N3O3. The van der Waals surface area contributed by atoms with E-state index in [1.807, 2.05) is 36.9 Å². The molecule has 1 fully saturated rings. The Kier molecular flexibility index (Phi) is 7.91. The number of piperidine rings is 1. The van der Waals surface area contributed by atoms with Gasteiger partial charge in [-0.3, -0.25) is 9.59 Å². The number of rotatable bonds is 8. The van der Waals surface area contributed by atoms with Gasteiger partial charge < -0.3 is 20.7 Å². The van der Waals surface area contributed by atoms with Crippen LogP contribution in [0.5, 0.6) is 5.75 Å². The Bertz CT molecular complexity index is 618. The molecule has 0 bridgehead atoms. The second kappa shape index (κ2) is 10.2. The highest BCUT2D eigenvalue weighted by Crippen LogP contribution is 2.21. The van der Waals surface area contributed by atoms with Gasteiger partial charge in [-0.2, -0.15) is 0 Å². The van der Waals surface area contributed by atoms with Crippen molar-refractivity contribution in [2.45, 2.75) is 52.0 Å². The molecule has 6 heteroatoms. The summed E-state index contributed by atoms with van der Waals surface area (Å²) < 4.78 is 5.81. The van der Waals surface area contributed by atoms with Crippen LogP contribution in [0.1, 0.15) is 43.2 Å². The van der Waals surface area contributed by atoms with Gasteiger partial charge in [-0.25, -0.2) is 0 Å². The maximum absolute atomic E-state index is 12.6. The third-order valence-corrected chi connectivity index (χ3v) is 4.98. The molecule has 1 heterocycles. The number of nitrogens with zero attached hydrogens (tertiary/aromatic N) is 1. The van der Waals surface area contributed by atoms with E-state index in [1.165, 1.54) is 5.56 Å². The van der Waals surface area contributed by atoms with Crippen LogP contribution < -0.4 is 15.8 Å². The number of nitrogens with one attached hydrogen (secondary N) is 1. The molecule has 0 spiro atoms. The van der Waals surface area contributed by atoms with Crippen LogP contribution >= 0.6 is 0 Å². The lowest BCUT2D eigenvalue weighted by atomic mass is 10.0. The van der Waals surface area contributed by atoms with Crippen LogP contribution in [-0.2, 0) is 9.59 Å². The predicted octanol–water partition coefficient (Wildman–Crippen LogP) is 1.92. The van der Waals surface area contributed by atoms with E-state index in [1.54, 1.807) is 0 Å². The largest absolute Gasteiger partial charge is 0.493 e. The fourth-order valence-corrected chi connectivity index (χ4v) is 3.26. The summed E-state index contributed by atoms with van der Waals surface area (Å²) in [5, 5.41) is 2.89. The molecule has 0 aromatic heterocycles. The van der Waals surface area contributed by atoms with Crippen molar-refractivity contribution in [1.82, 2.24) is 10.2 Å². The molecule has 144 valence electrons. The SMILES string of the molecule is Cc1cccc(OCCC(=O)N2CCCCC2CNC(=O)CCN)c1C. The van der Waals surface area contributed by atoms with E-state index in [9.17, 15) is 9.59 Å². The number of likely N-dealkylation sites (tertiary alicyclic amines) is 1. The fourth-order valence-electron chi connectivity index (χ4n) is 3.26. The number of aryl methyl sites for hydroxylation is 1. The van der Waals surface area contributed by atoms with E-state index in [2.05, 4.69) is 5.32 Å². The van der Waals surface area contributed by atoms with Gasteiger partial charge in [0.25, 0.3) is 0 Å². The van der Waals surface area contributed by atoms with E-state index in [4.69, 9.17) is 10.5 Å². The van der Waals surface area contributed by atoms with Crippen LogP contribution in [0, 0.1) is 13.8 Å². The molecule has 1 unspecified atom stereocenters. The number of carbonyl (C=O) groups is 2. The molecule has 6 nitrogen and oxygen atoms in total. The van der Waals surface area contributed by atoms with Gasteiger partial charge in [-0.05, 0) is 50.3 Å². The topological polar surface area (TPSA) is 84.7 Å². The Balaban J connectivity index is 1.83. The van der Waals surface area contributed by atoms with E-state index < -0.39 is 0 Å². The molecule has 1 aromatic carbocycles. The minimum atomic E-state index is -0.0521. The number of nitrogens with two attached hydrogens (primary N) is 1. The molecule has 2 rings (SSSR count). The van der Waals surface area contributed by atoms with E-state index in [0.717, 1.165) is 37.1 Å². The standard InChI is InChI=1S/C20H31N3O3/c1-15-6-5-8-18(16(15)2)26-13-10-20(25)23-12-4-3-7-17(23)14-22-19(24)9-11-21/h5-6,8,17H,3-4,7,9-14,21H2,1-2H3,(H,22,24). The van der Waals surface area contributed by atoms with Gasteiger partial charge in [0, 0.05) is 32.1 Å². The molecule has 1 aliphatic heterocycles. The molecular weight excluding hydrogens is 330 g/mol. The maximum Gasteiger partial charge on any atom is 0.226 e. The highest BCUT2D eigenvalue weighted by Gasteiger charge is 2.26. The summed E-state index contributed by atoms with van der Waals surface area (Å²) in [7, 11) is 0. The van der Waals surface area contributed by atoms with E-state index in [-0.39, 0.29) is 17.9 Å². The molecule has 0 radical (unpaired) electrons. The predicted molar refractivity (Wildman–Crippen MR) is 102 cm³/mol. The highest BCUT2D eigenvalue weighted by atomic mass is 16.5. The van der Waals surface area contributed by atoms with Gasteiger partial charge in [-0.15, -0.1) is 0 Å². The molecule has 0 aliphatic carbocycles. The Morgan fingerprint density at radius 3 is 2.85 bits per heavy atom. The van der Waals surface area contributed by atoms with Crippen molar-refractivity contribution in [3.8, 4) is 5.75 Å². The summed E-state index contributed by atoms with van der Waals surface area (Å²) in [6, 6.07) is 6.01. The fraction of sp³-hybridized carbons (Fsp3) is 0.600. The zero-order valence-electron chi connectivity index (χ0n) is 15.9. The van der Waals surface area contributed by atoms with Crippen molar-refractivity contribution in [3.63, 3.8) is 0 Å². The van der Waals surface area contributed by atoms with Gasteiger partial charge in [0.1, 0.15) is 5.75 Å². The normalized spacial score (nSPS) is 17.0. The first kappa shape index (κ1) is 20.2. The summed E-state index contributed by atoms with van der Waals surface area (Å²) in [5.74, 6) is 0.874. The Labute approximate surface area is 156 Å². The van der Waals surface area contributed by atoms with Gasteiger partial charge >= 0.3 is 0 Å². The van der Waals surface area contributed by atoms with Crippen molar-refractivity contribution in [3.05, 3.63) is 29.3 Å². The maximum atomic E-state index is 12.6. The second-order valence-corrected chi connectivity index (χ2v) is 6.88. The smallest absolute Gasteiger partial charge is 0.226 e. The van der Waals surface area contributed by atoms with E-state index >= 15 is 0 Å². The van der Waals surface area contributed by atoms with Crippen molar-refractivity contribution in [1.29, 1.82) is 0 Å². The summed E-state index contributed by atoms with van der Waals surface area (Å²) in [6.45, 7) is 6.03. The van der Waals surface area contributed by atoms with E-state index in [0.29, 0.717) is 32.5 Å². The summed E-state index contributed by atoms with van der Waals surface area (Å²) in [5.41, 5.74) is 7.69. The molecule has 1 aliphatic rings. The average molecular weight is 361 g/mol. The number of carbonyl (C=O) groups excluding carboxylic acids is 2. The molecule has 1 atom stereocenters. The third kappa shape index (κ3) is 5.73. The Morgan fingerprint density at radius 1 is 1.27 bits per heavy atom. The lowest BCUT2D eigenvalue weighted by Gasteiger charge is -2.36. The zero-order valence-corrected chi connectivity index (χ0v) is 15.9. The molecule has 1 saturated heterocycles. The Morgan fingerprint density at radius 2 is 2.08 bits per heavy atom.